The van der Waals surface area contributed by atoms with Gasteiger partial charge in [0.2, 0.25) is 20.0 Å². The van der Waals surface area contributed by atoms with Crippen LogP contribution in [0.15, 0.2) is 53.7 Å². The molecule has 0 saturated heterocycles. The number of aromatic nitrogens is 1. The molecule has 1 heterocycles. The minimum atomic E-state index is -3.67. The van der Waals surface area contributed by atoms with Crippen molar-refractivity contribution in [1.82, 2.24) is 14.0 Å². The number of sulfonamides is 2. The van der Waals surface area contributed by atoms with E-state index >= 15 is 0 Å². The van der Waals surface area contributed by atoms with Crippen molar-refractivity contribution in [3.8, 4) is 0 Å². The second-order valence-electron chi connectivity index (χ2n) is 5.66. The van der Waals surface area contributed by atoms with Crippen LogP contribution in [0.1, 0.15) is 11.1 Å². The Balaban J connectivity index is 2.02. The second kappa shape index (κ2) is 8.05. The van der Waals surface area contributed by atoms with Crippen molar-refractivity contribution in [3.05, 3.63) is 59.9 Å². The smallest absolute Gasteiger partial charge is 0.240 e. The highest BCUT2D eigenvalue weighted by molar-refractivity contribution is 7.89. The van der Waals surface area contributed by atoms with E-state index in [-0.39, 0.29) is 24.5 Å². The van der Waals surface area contributed by atoms with E-state index in [1.165, 1.54) is 16.4 Å². The van der Waals surface area contributed by atoms with E-state index in [9.17, 15) is 16.8 Å². The zero-order chi connectivity index (χ0) is 18.5. The van der Waals surface area contributed by atoms with Gasteiger partial charge in [-0.05, 0) is 36.8 Å². The standard InChI is InChI=1S/C16H21N3O4S2/c1-14-3-5-16(6-4-14)25(22,23)18-11-12-19(24(2,20)21)13-15-7-9-17-10-8-15/h3-10,18H,11-13H2,1-2H3. The van der Waals surface area contributed by atoms with Crippen molar-refractivity contribution in [3.63, 3.8) is 0 Å². The zero-order valence-corrected chi connectivity index (χ0v) is 15.7. The van der Waals surface area contributed by atoms with Crippen LogP contribution in [0.3, 0.4) is 0 Å². The van der Waals surface area contributed by atoms with Crippen LogP contribution >= 0.6 is 0 Å². The molecule has 0 aliphatic heterocycles. The Hall–Kier alpha value is -1.81. The minimum absolute atomic E-state index is 0.0195. The first kappa shape index (κ1) is 19.5. The van der Waals surface area contributed by atoms with E-state index in [1.807, 2.05) is 6.92 Å². The molecule has 2 rings (SSSR count). The summed E-state index contributed by atoms with van der Waals surface area (Å²) in [5.41, 5.74) is 1.74. The van der Waals surface area contributed by atoms with E-state index in [2.05, 4.69) is 9.71 Å². The van der Waals surface area contributed by atoms with Gasteiger partial charge in [0.15, 0.2) is 0 Å². The SMILES string of the molecule is Cc1ccc(S(=O)(=O)NCCN(Cc2ccncc2)S(C)(=O)=O)cc1. The lowest BCUT2D eigenvalue weighted by atomic mass is 10.2. The first-order chi connectivity index (χ1) is 11.7. The summed E-state index contributed by atoms with van der Waals surface area (Å²) < 4.78 is 52.0. The Bertz CT molecular complexity index is 896. The molecule has 0 aliphatic carbocycles. The Morgan fingerprint density at radius 1 is 1.00 bits per heavy atom. The lowest BCUT2D eigenvalue weighted by Crippen LogP contribution is -2.37. The molecule has 1 aromatic heterocycles. The fourth-order valence-electron chi connectivity index (χ4n) is 2.16. The van der Waals surface area contributed by atoms with Crippen molar-refractivity contribution >= 4 is 20.0 Å². The maximum absolute atomic E-state index is 12.2. The molecule has 25 heavy (non-hydrogen) atoms. The summed E-state index contributed by atoms with van der Waals surface area (Å²) in [6, 6.07) is 9.89. The van der Waals surface area contributed by atoms with Gasteiger partial charge in [-0.15, -0.1) is 0 Å². The minimum Gasteiger partial charge on any atom is -0.265 e. The van der Waals surface area contributed by atoms with Gasteiger partial charge in [-0.1, -0.05) is 17.7 Å². The monoisotopic (exact) mass is 383 g/mol. The average molecular weight is 383 g/mol. The molecule has 0 aliphatic rings. The van der Waals surface area contributed by atoms with Crippen molar-refractivity contribution in [2.45, 2.75) is 18.4 Å². The molecule has 2 aromatic rings. The number of nitrogens with one attached hydrogen (secondary N) is 1. The van der Waals surface area contributed by atoms with E-state index in [0.717, 1.165) is 17.4 Å². The molecule has 0 bridgehead atoms. The van der Waals surface area contributed by atoms with E-state index < -0.39 is 20.0 Å². The quantitative estimate of drug-likeness (QED) is 0.737. The van der Waals surface area contributed by atoms with Gasteiger partial charge in [-0.2, -0.15) is 4.31 Å². The van der Waals surface area contributed by atoms with Crippen molar-refractivity contribution in [2.75, 3.05) is 19.3 Å². The first-order valence-corrected chi connectivity index (χ1v) is 10.9. The van der Waals surface area contributed by atoms with Crippen LogP contribution in [0.5, 0.6) is 0 Å². The number of nitrogens with zero attached hydrogens (tertiary/aromatic N) is 2. The van der Waals surface area contributed by atoms with Crippen LogP contribution in [-0.2, 0) is 26.6 Å². The van der Waals surface area contributed by atoms with Crippen LogP contribution in [0.4, 0.5) is 0 Å². The number of benzene rings is 1. The van der Waals surface area contributed by atoms with Gasteiger partial charge in [0.25, 0.3) is 0 Å². The summed E-state index contributed by atoms with van der Waals surface area (Å²) in [6.07, 6.45) is 4.26. The average Bonchev–Trinajstić information content (AvgIpc) is 2.54. The van der Waals surface area contributed by atoms with Crippen LogP contribution in [0.2, 0.25) is 0 Å². The summed E-state index contributed by atoms with van der Waals surface area (Å²) in [6.45, 7) is 2.04. The molecule has 0 atom stereocenters. The molecular weight excluding hydrogens is 362 g/mol. The van der Waals surface area contributed by atoms with E-state index in [0.29, 0.717) is 0 Å². The molecule has 0 spiro atoms. The molecule has 9 heteroatoms. The van der Waals surface area contributed by atoms with Crippen molar-refractivity contribution in [2.24, 2.45) is 0 Å². The summed E-state index contributed by atoms with van der Waals surface area (Å²) in [4.78, 5) is 4.04. The molecular formula is C16H21N3O4S2. The highest BCUT2D eigenvalue weighted by atomic mass is 32.2. The Morgan fingerprint density at radius 3 is 2.16 bits per heavy atom. The zero-order valence-electron chi connectivity index (χ0n) is 14.1. The third-order valence-electron chi connectivity index (χ3n) is 3.56. The van der Waals surface area contributed by atoms with Crippen LogP contribution in [-0.4, -0.2) is 45.5 Å². The molecule has 1 N–H and O–H groups in total. The highest BCUT2D eigenvalue weighted by Gasteiger charge is 2.19. The predicted molar refractivity (Wildman–Crippen MR) is 95.9 cm³/mol. The molecule has 7 nitrogen and oxygen atoms in total. The summed E-state index contributed by atoms with van der Waals surface area (Å²) in [7, 11) is -7.15. The van der Waals surface area contributed by atoms with Gasteiger partial charge < -0.3 is 0 Å². The molecule has 0 radical (unpaired) electrons. The van der Waals surface area contributed by atoms with Crippen LogP contribution in [0.25, 0.3) is 0 Å². The molecule has 1 aromatic carbocycles. The molecule has 0 unspecified atom stereocenters. The largest absolute Gasteiger partial charge is 0.265 e. The molecule has 136 valence electrons. The maximum Gasteiger partial charge on any atom is 0.240 e. The third-order valence-corrected chi connectivity index (χ3v) is 6.29. The predicted octanol–water partition coefficient (Wildman–Crippen LogP) is 1.13. The van der Waals surface area contributed by atoms with Gasteiger partial charge in [0.05, 0.1) is 11.2 Å². The van der Waals surface area contributed by atoms with E-state index in [1.54, 1.807) is 36.7 Å². The van der Waals surface area contributed by atoms with Gasteiger partial charge in [0.1, 0.15) is 0 Å². The Morgan fingerprint density at radius 2 is 1.60 bits per heavy atom. The van der Waals surface area contributed by atoms with Crippen LogP contribution < -0.4 is 4.72 Å². The lowest BCUT2D eigenvalue weighted by molar-refractivity contribution is 0.412. The van der Waals surface area contributed by atoms with Crippen LogP contribution in [0, 0.1) is 6.92 Å². The highest BCUT2D eigenvalue weighted by Crippen LogP contribution is 2.10. The fraction of sp³-hybridized carbons (Fsp3) is 0.312. The normalized spacial score (nSPS) is 12.4. The number of hydrogen-bond donors (Lipinski definition) is 1. The van der Waals surface area contributed by atoms with Gasteiger partial charge in [-0.3, -0.25) is 4.98 Å². The summed E-state index contributed by atoms with van der Waals surface area (Å²) in [5.74, 6) is 0. The van der Waals surface area contributed by atoms with E-state index in [4.69, 9.17) is 0 Å². The van der Waals surface area contributed by atoms with Gasteiger partial charge in [-0.25, -0.2) is 21.6 Å². The fourth-order valence-corrected chi connectivity index (χ4v) is 3.99. The summed E-state index contributed by atoms with van der Waals surface area (Å²) in [5, 5.41) is 0. The number of pyridine rings is 1. The summed E-state index contributed by atoms with van der Waals surface area (Å²) >= 11 is 0. The Labute approximate surface area is 148 Å². The number of hydrogen-bond acceptors (Lipinski definition) is 5. The Kier molecular flexibility index (Phi) is 6.28. The number of rotatable bonds is 8. The maximum atomic E-state index is 12.2. The number of aryl methyl sites for hydroxylation is 1. The first-order valence-electron chi connectivity index (χ1n) is 7.59. The second-order valence-corrected chi connectivity index (χ2v) is 9.41. The molecule has 0 fully saturated rings. The molecule has 0 saturated carbocycles. The third kappa shape index (κ3) is 5.89. The van der Waals surface area contributed by atoms with Gasteiger partial charge >= 0.3 is 0 Å². The lowest BCUT2D eigenvalue weighted by Gasteiger charge is -2.20. The van der Waals surface area contributed by atoms with Gasteiger partial charge in [0, 0.05) is 32.0 Å². The topological polar surface area (TPSA) is 96.4 Å². The molecule has 0 amide bonds. The van der Waals surface area contributed by atoms with Crippen molar-refractivity contribution < 1.29 is 16.8 Å². The van der Waals surface area contributed by atoms with Crippen molar-refractivity contribution in [1.29, 1.82) is 0 Å².